The number of fused-ring (bicyclic) bond motifs is 1. The van der Waals surface area contributed by atoms with E-state index in [1.807, 2.05) is 13.8 Å². The van der Waals surface area contributed by atoms with Gasteiger partial charge in [0.2, 0.25) is 5.43 Å². The van der Waals surface area contributed by atoms with Gasteiger partial charge in [0, 0.05) is 30.2 Å². The number of benzene rings is 1. The maximum atomic E-state index is 13.2. The molecule has 0 aliphatic rings. The third-order valence-electron chi connectivity index (χ3n) is 3.12. The standard InChI is InChI=1S/C14H15FN2O2/c1-3-17(4-2)14(19)11-8-16-12-6-5-9(15)7-10(12)13(11)18/h5-8H,3-4H2,1-2H3,(H,16,18). The van der Waals surface area contributed by atoms with Crippen LogP contribution in [0.2, 0.25) is 0 Å². The van der Waals surface area contributed by atoms with E-state index in [-0.39, 0.29) is 16.9 Å². The van der Waals surface area contributed by atoms with Crippen LogP contribution in [0.25, 0.3) is 10.9 Å². The summed E-state index contributed by atoms with van der Waals surface area (Å²) in [5, 5.41) is 0.193. The van der Waals surface area contributed by atoms with E-state index in [1.54, 1.807) is 4.90 Å². The number of aromatic amines is 1. The van der Waals surface area contributed by atoms with Gasteiger partial charge < -0.3 is 9.88 Å². The Kier molecular flexibility index (Phi) is 3.64. The van der Waals surface area contributed by atoms with Gasteiger partial charge in [-0.1, -0.05) is 0 Å². The number of carbonyl (C=O) groups is 1. The van der Waals surface area contributed by atoms with Gasteiger partial charge in [-0.15, -0.1) is 0 Å². The van der Waals surface area contributed by atoms with Gasteiger partial charge in [0.15, 0.2) is 0 Å². The Morgan fingerprint density at radius 1 is 1.32 bits per heavy atom. The topological polar surface area (TPSA) is 53.2 Å². The van der Waals surface area contributed by atoms with Crippen molar-refractivity contribution in [2.24, 2.45) is 0 Å². The van der Waals surface area contributed by atoms with Gasteiger partial charge >= 0.3 is 0 Å². The molecule has 100 valence electrons. The molecule has 0 fully saturated rings. The van der Waals surface area contributed by atoms with Gasteiger partial charge in [0.1, 0.15) is 11.4 Å². The minimum absolute atomic E-state index is 0.0433. The molecule has 5 heteroatoms. The predicted octanol–water partition coefficient (Wildman–Crippen LogP) is 2.15. The van der Waals surface area contributed by atoms with Gasteiger partial charge in [-0.25, -0.2) is 4.39 Å². The lowest BCUT2D eigenvalue weighted by molar-refractivity contribution is 0.0771. The van der Waals surface area contributed by atoms with Crippen LogP contribution < -0.4 is 5.43 Å². The molecule has 1 N–H and O–H groups in total. The van der Waals surface area contributed by atoms with E-state index in [1.165, 1.54) is 18.3 Å². The first-order chi connectivity index (χ1) is 9.08. The lowest BCUT2D eigenvalue weighted by Gasteiger charge is -2.18. The minimum Gasteiger partial charge on any atom is -0.360 e. The Balaban J connectivity index is 2.60. The molecule has 1 heterocycles. The number of halogens is 1. The zero-order chi connectivity index (χ0) is 14.0. The van der Waals surface area contributed by atoms with E-state index < -0.39 is 11.2 Å². The summed E-state index contributed by atoms with van der Waals surface area (Å²) in [6, 6.07) is 3.90. The maximum absolute atomic E-state index is 13.2. The molecule has 0 aliphatic heterocycles. The largest absolute Gasteiger partial charge is 0.360 e. The third kappa shape index (κ3) is 2.36. The van der Waals surface area contributed by atoms with Gasteiger partial charge in [0.25, 0.3) is 5.91 Å². The van der Waals surface area contributed by atoms with Crippen LogP contribution in [-0.2, 0) is 0 Å². The Morgan fingerprint density at radius 3 is 2.63 bits per heavy atom. The van der Waals surface area contributed by atoms with Crippen molar-refractivity contribution in [3.05, 3.63) is 46.0 Å². The minimum atomic E-state index is -0.495. The van der Waals surface area contributed by atoms with E-state index in [0.29, 0.717) is 18.6 Å². The predicted molar refractivity (Wildman–Crippen MR) is 71.8 cm³/mol. The van der Waals surface area contributed by atoms with Crippen molar-refractivity contribution < 1.29 is 9.18 Å². The normalized spacial score (nSPS) is 10.7. The average Bonchev–Trinajstić information content (AvgIpc) is 2.41. The molecule has 0 spiro atoms. The summed E-state index contributed by atoms with van der Waals surface area (Å²) in [5.41, 5.74) is 0.120. The first-order valence-corrected chi connectivity index (χ1v) is 6.18. The molecule has 1 amide bonds. The summed E-state index contributed by atoms with van der Waals surface area (Å²) in [4.78, 5) is 28.8. The lowest BCUT2D eigenvalue weighted by atomic mass is 10.1. The lowest BCUT2D eigenvalue weighted by Crippen LogP contribution is -2.34. The molecule has 0 radical (unpaired) electrons. The number of hydrogen-bond acceptors (Lipinski definition) is 2. The fourth-order valence-corrected chi connectivity index (χ4v) is 2.03. The summed E-state index contributed by atoms with van der Waals surface area (Å²) in [6.45, 7) is 4.73. The van der Waals surface area contributed by atoms with E-state index >= 15 is 0 Å². The zero-order valence-electron chi connectivity index (χ0n) is 10.9. The second kappa shape index (κ2) is 5.22. The van der Waals surface area contributed by atoms with Crippen molar-refractivity contribution in [1.29, 1.82) is 0 Å². The van der Waals surface area contributed by atoms with Crippen LogP contribution in [-0.4, -0.2) is 28.9 Å². The fraction of sp³-hybridized carbons (Fsp3) is 0.286. The highest BCUT2D eigenvalue weighted by Crippen LogP contribution is 2.11. The number of nitrogens with one attached hydrogen (secondary N) is 1. The number of nitrogens with zero attached hydrogens (tertiary/aromatic N) is 1. The molecular formula is C14H15FN2O2. The zero-order valence-corrected chi connectivity index (χ0v) is 10.9. The number of H-pyrrole nitrogens is 1. The molecule has 4 nitrogen and oxygen atoms in total. The molecule has 0 bridgehead atoms. The second-order valence-corrected chi connectivity index (χ2v) is 4.20. The van der Waals surface area contributed by atoms with Gasteiger partial charge in [-0.3, -0.25) is 9.59 Å². The molecule has 1 aromatic carbocycles. The first-order valence-electron chi connectivity index (χ1n) is 6.18. The number of hydrogen-bond donors (Lipinski definition) is 1. The van der Waals surface area contributed by atoms with Crippen LogP contribution in [0.4, 0.5) is 4.39 Å². The molecule has 19 heavy (non-hydrogen) atoms. The van der Waals surface area contributed by atoms with Crippen molar-refractivity contribution in [3.63, 3.8) is 0 Å². The highest BCUT2D eigenvalue weighted by Gasteiger charge is 2.17. The maximum Gasteiger partial charge on any atom is 0.259 e. The summed E-state index contributed by atoms with van der Waals surface area (Å²) >= 11 is 0. The molecule has 0 unspecified atom stereocenters. The number of pyridine rings is 1. The molecule has 0 saturated carbocycles. The molecule has 2 aromatic rings. The number of carbonyl (C=O) groups excluding carboxylic acids is 1. The highest BCUT2D eigenvalue weighted by molar-refractivity contribution is 5.97. The van der Waals surface area contributed by atoms with Crippen LogP contribution in [0.15, 0.2) is 29.2 Å². The van der Waals surface area contributed by atoms with Gasteiger partial charge in [-0.05, 0) is 32.0 Å². The second-order valence-electron chi connectivity index (χ2n) is 4.20. The monoisotopic (exact) mass is 262 g/mol. The summed E-state index contributed by atoms with van der Waals surface area (Å²) in [6.07, 6.45) is 1.39. The Labute approximate surface area is 109 Å². The molecular weight excluding hydrogens is 247 g/mol. The quantitative estimate of drug-likeness (QED) is 0.921. The van der Waals surface area contributed by atoms with Crippen molar-refractivity contribution in [1.82, 2.24) is 9.88 Å². The molecule has 0 atom stereocenters. The molecule has 0 saturated heterocycles. The van der Waals surface area contributed by atoms with Crippen LogP contribution in [0.1, 0.15) is 24.2 Å². The van der Waals surface area contributed by atoms with Crippen LogP contribution in [0, 0.1) is 5.82 Å². The average molecular weight is 262 g/mol. The Morgan fingerprint density at radius 2 is 2.00 bits per heavy atom. The summed E-state index contributed by atoms with van der Waals surface area (Å²) < 4.78 is 13.2. The van der Waals surface area contributed by atoms with Crippen LogP contribution >= 0.6 is 0 Å². The Bertz CT molecular complexity index is 675. The summed E-state index contributed by atoms with van der Waals surface area (Å²) in [7, 11) is 0. The van der Waals surface area contributed by atoms with E-state index in [9.17, 15) is 14.0 Å². The van der Waals surface area contributed by atoms with E-state index in [4.69, 9.17) is 0 Å². The smallest absolute Gasteiger partial charge is 0.259 e. The van der Waals surface area contributed by atoms with Crippen molar-refractivity contribution in [2.45, 2.75) is 13.8 Å². The van der Waals surface area contributed by atoms with Gasteiger partial charge in [-0.2, -0.15) is 0 Å². The van der Waals surface area contributed by atoms with E-state index in [0.717, 1.165) is 6.07 Å². The number of rotatable bonds is 3. The fourth-order valence-electron chi connectivity index (χ4n) is 2.03. The SMILES string of the molecule is CCN(CC)C(=O)c1c[nH]c2ccc(F)cc2c1=O. The van der Waals surface area contributed by atoms with E-state index in [2.05, 4.69) is 4.98 Å². The van der Waals surface area contributed by atoms with Crippen LogP contribution in [0.5, 0.6) is 0 Å². The molecule has 2 rings (SSSR count). The van der Waals surface area contributed by atoms with Gasteiger partial charge in [0.05, 0.1) is 0 Å². The Hall–Kier alpha value is -2.17. The van der Waals surface area contributed by atoms with Crippen molar-refractivity contribution >= 4 is 16.8 Å². The summed E-state index contributed by atoms with van der Waals surface area (Å²) in [5.74, 6) is -0.831. The van der Waals surface area contributed by atoms with Crippen molar-refractivity contribution in [3.8, 4) is 0 Å². The molecule has 1 aromatic heterocycles. The molecule has 0 aliphatic carbocycles. The highest BCUT2D eigenvalue weighted by atomic mass is 19.1. The van der Waals surface area contributed by atoms with Crippen LogP contribution in [0.3, 0.4) is 0 Å². The van der Waals surface area contributed by atoms with Crippen molar-refractivity contribution in [2.75, 3.05) is 13.1 Å². The first kappa shape index (κ1) is 13.3. The third-order valence-corrected chi connectivity index (χ3v) is 3.12. The number of aromatic nitrogens is 1. The number of amides is 1.